The molecule has 0 saturated carbocycles. The van der Waals surface area contributed by atoms with Crippen molar-refractivity contribution in [3.05, 3.63) is 53.4 Å². The van der Waals surface area contributed by atoms with Crippen molar-refractivity contribution in [3.63, 3.8) is 0 Å². The molecule has 2 aromatic heterocycles. The topological polar surface area (TPSA) is 92.7 Å². The van der Waals surface area contributed by atoms with Crippen molar-refractivity contribution in [2.75, 3.05) is 33.8 Å². The Balaban J connectivity index is 1.71. The van der Waals surface area contributed by atoms with Gasteiger partial charge in [-0.15, -0.1) is 0 Å². The maximum Gasteiger partial charge on any atom is 0.242 e. The fourth-order valence-corrected chi connectivity index (χ4v) is 5.51. The van der Waals surface area contributed by atoms with Crippen molar-refractivity contribution in [2.45, 2.75) is 32.4 Å². The van der Waals surface area contributed by atoms with Gasteiger partial charge in [0.25, 0.3) is 0 Å². The number of aromatic amines is 1. The third-order valence-electron chi connectivity index (χ3n) is 7.41. The molecule has 3 N–H and O–H groups in total. The molecular formula is C26H32F2N4O3. The standard InChI is InChI=1S/C26H32F2N4O3/c1-14-8-17(18-6-7-29-24-22(18)20(28)10-30-24)9-19(27)23(14)26(35)15(2)11-32(12-16(26)3)25(34)21(13-33)31(4)5/h6-10,15-16,21,33,35H,11-13H2,1-5H3,(H,29,30)/t15-,16+,21-,26-/m1/s1. The number of likely N-dealkylation sites (tertiary alicyclic amines) is 1. The van der Waals surface area contributed by atoms with E-state index in [0.717, 1.165) is 0 Å². The second kappa shape index (κ2) is 9.29. The maximum atomic E-state index is 15.7. The Morgan fingerprint density at radius 3 is 2.49 bits per heavy atom. The molecule has 3 aromatic rings. The molecule has 188 valence electrons. The third-order valence-corrected chi connectivity index (χ3v) is 7.41. The molecule has 4 atom stereocenters. The highest BCUT2D eigenvalue weighted by Crippen LogP contribution is 2.45. The average Bonchev–Trinajstić information content (AvgIpc) is 3.18. The highest BCUT2D eigenvalue weighted by Gasteiger charge is 2.49. The minimum Gasteiger partial charge on any atom is -0.394 e. The molecule has 1 fully saturated rings. The number of aromatic nitrogens is 2. The van der Waals surface area contributed by atoms with E-state index >= 15 is 4.39 Å². The lowest BCUT2D eigenvalue weighted by molar-refractivity contribution is -0.154. The summed E-state index contributed by atoms with van der Waals surface area (Å²) in [5.74, 6) is -2.21. The number of nitrogens with one attached hydrogen (secondary N) is 1. The van der Waals surface area contributed by atoms with Crippen LogP contribution in [0.4, 0.5) is 8.78 Å². The van der Waals surface area contributed by atoms with Gasteiger partial charge >= 0.3 is 0 Å². The number of hydrogen-bond donors (Lipinski definition) is 3. The first-order valence-corrected chi connectivity index (χ1v) is 11.7. The number of pyridine rings is 1. The number of H-pyrrole nitrogens is 1. The first kappa shape index (κ1) is 25.2. The molecule has 4 rings (SSSR count). The van der Waals surface area contributed by atoms with E-state index in [2.05, 4.69) is 9.97 Å². The van der Waals surface area contributed by atoms with E-state index in [9.17, 15) is 19.4 Å². The third kappa shape index (κ3) is 4.11. The Bertz CT molecular complexity index is 1220. The van der Waals surface area contributed by atoms with E-state index in [4.69, 9.17) is 0 Å². The van der Waals surface area contributed by atoms with Gasteiger partial charge in [0.1, 0.15) is 23.1 Å². The van der Waals surface area contributed by atoms with Gasteiger partial charge in [-0.25, -0.2) is 13.8 Å². The quantitative estimate of drug-likeness (QED) is 0.516. The molecule has 0 bridgehead atoms. The monoisotopic (exact) mass is 486 g/mol. The number of carbonyl (C=O) groups is 1. The van der Waals surface area contributed by atoms with Crippen LogP contribution in [0, 0.1) is 30.4 Å². The molecule has 0 aliphatic carbocycles. The van der Waals surface area contributed by atoms with Crippen LogP contribution in [0.25, 0.3) is 22.2 Å². The van der Waals surface area contributed by atoms with Gasteiger partial charge in [0.2, 0.25) is 5.91 Å². The number of aliphatic hydroxyl groups is 2. The Morgan fingerprint density at radius 1 is 1.26 bits per heavy atom. The molecule has 7 nitrogen and oxygen atoms in total. The molecule has 9 heteroatoms. The number of likely N-dealkylation sites (N-methyl/N-ethyl adjacent to an activating group) is 1. The maximum absolute atomic E-state index is 15.7. The van der Waals surface area contributed by atoms with Crippen LogP contribution >= 0.6 is 0 Å². The number of aryl methyl sites for hydroxylation is 1. The van der Waals surface area contributed by atoms with Crippen LogP contribution in [0.2, 0.25) is 0 Å². The summed E-state index contributed by atoms with van der Waals surface area (Å²) < 4.78 is 30.2. The van der Waals surface area contributed by atoms with Crippen molar-refractivity contribution in [1.29, 1.82) is 0 Å². The van der Waals surface area contributed by atoms with Gasteiger partial charge in [0.05, 0.1) is 12.0 Å². The largest absolute Gasteiger partial charge is 0.394 e. The summed E-state index contributed by atoms with van der Waals surface area (Å²) in [7, 11) is 3.45. The van der Waals surface area contributed by atoms with Crippen molar-refractivity contribution >= 4 is 16.9 Å². The number of piperidine rings is 1. The van der Waals surface area contributed by atoms with Crippen LogP contribution in [0.1, 0.15) is 25.0 Å². The van der Waals surface area contributed by atoms with Crippen LogP contribution in [0.15, 0.2) is 30.6 Å². The highest BCUT2D eigenvalue weighted by atomic mass is 19.1. The molecule has 3 heterocycles. The normalized spacial score (nSPS) is 23.8. The van der Waals surface area contributed by atoms with Gasteiger partial charge in [-0.3, -0.25) is 9.69 Å². The predicted octanol–water partition coefficient (Wildman–Crippen LogP) is 3.04. The first-order chi connectivity index (χ1) is 16.5. The summed E-state index contributed by atoms with van der Waals surface area (Å²) in [6, 6.07) is 4.04. The summed E-state index contributed by atoms with van der Waals surface area (Å²) >= 11 is 0. The lowest BCUT2D eigenvalue weighted by Gasteiger charge is -2.49. The second-order valence-corrected chi connectivity index (χ2v) is 9.90. The molecule has 1 saturated heterocycles. The zero-order valence-electron chi connectivity index (χ0n) is 20.6. The molecule has 1 aromatic carbocycles. The Labute approximate surface area is 203 Å². The van der Waals surface area contributed by atoms with Crippen LogP contribution < -0.4 is 0 Å². The summed E-state index contributed by atoms with van der Waals surface area (Å²) in [6.45, 7) is 5.47. The Kier molecular flexibility index (Phi) is 6.70. The first-order valence-electron chi connectivity index (χ1n) is 11.7. The molecular weight excluding hydrogens is 454 g/mol. The number of amides is 1. The minimum absolute atomic E-state index is 0.194. The molecule has 1 amide bonds. The van der Waals surface area contributed by atoms with Gasteiger partial charge in [-0.05, 0) is 49.8 Å². The fourth-order valence-electron chi connectivity index (χ4n) is 5.51. The smallest absolute Gasteiger partial charge is 0.242 e. The molecule has 35 heavy (non-hydrogen) atoms. The van der Waals surface area contributed by atoms with Gasteiger partial charge in [0.15, 0.2) is 5.82 Å². The number of aliphatic hydroxyl groups excluding tert-OH is 1. The van der Waals surface area contributed by atoms with E-state index in [-0.39, 0.29) is 36.6 Å². The van der Waals surface area contributed by atoms with Gasteiger partial charge < -0.3 is 20.1 Å². The second-order valence-electron chi connectivity index (χ2n) is 9.90. The molecule has 0 unspecified atom stereocenters. The minimum atomic E-state index is -1.51. The summed E-state index contributed by atoms with van der Waals surface area (Å²) in [4.78, 5) is 23.2. The lowest BCUT2D eigenvalue weighted by atomic mass is 9.69. The van der Waals surface area contributed by atoms with Crippen molar-refractivity contribution in [3.8, 4) is 11.1 Å². The van der Waals surface area contributed by atoms with Crippen LogP contribution in [0.3, 0.4) is 0 Å². The zero-order valence-corrected chi connectivity index (χ0v) is 20.6. The summed E-state index contributed by atoms with van der Waals surface area (Å²) in [5.41, 5.74) is 0.600. The Morgan fingerprint density at radius 2 is 1.91 bits per heavy atom. The lowest BCUT2D eigenvalue weighted by Crippen LogP contribution is -2.59. The van der Waals surface area contributed by atoms with E-state index < -0.39 is 35.1 Å². The number of benzene rings is 1. The van der Waals surface area contributed by atoms with E-state index in [1.807, 2.05) is 0 Å². The van der Waals surface area contributed by atoms with Gasteiger partial charge in [-0.2, -0.15) is 0 Å². The molecule has 0 radical (unpaired) electrons. The van der Waals surface area contributed by atoms with Crippen molar-refractivity contribution in [2.24, 2.45) is 11.8 Å². The van der Waals surface area contributed by atoms with Crippen LogP contribution in [0.5, 0.6) is 0 Å². The highest BCUT2D eigenvalue weighted by molar-refractivity contribution is 5.93. The van der Waals surface area contributed by atoms with Crippen LogP contribution in [-0.2, 0) is 10.4 Å². The number of hydrogen-bond acceptors (Lipinski definition) is 5. The van der Waals surface area contributed by atoms with Crippen molar-refractivity contribution in [1.82, 2.24) is 19.8 Å². The SMILES string of the molecule is Cc1cc(-c2ccnc3[nH]cc(F)c23)cc(F)c1[C@@]1(O)[C@H](C)CN(C(=O)[C@@H](CO)N(C)C)C[C@@H]1C. The molecule has 1 aliphatic rings. The number of nitrogens with zero attached hydrogens (tertiary/aromatic N) is 3. The zero-order chi connectivity index (χ0) is 25.7. The van der Waals surface area contributed by atoms with Crippen LogP contribution in [-0.4, -0.2) is 75.7 Å². The number of fused-ring (bicyclic) bond motifs is 1. The number of carbonyl (C=O) groups excluding carboxylic acids is 1. The molecule has 1 aliphatic heterocycles. The summed E-state index contributed by atoms with van der Waals surface area (Å²) in [5, 5.41) is 21.8. The molecule has 0 spiro atoms. The number of halogens is 2. The average molecular weight is 487 g/mol. The van der Waals surface area contributed by atoms with Gasteiger partial charge in [-0.1, -0.05) is 19.9 Å². The van der Waals surface area contributed by atoms with Crippen molar-refractivity contribution < 1.29 is 23.8 Å². The van der Waals surface area contributed by atoms with E-state index in [1.54, 1.807) is 56.8 Å². The summed E-state index contributed by atoms with van der Waals surface area (Å²) in [6.07, 6.45) is 2.75. The van der Waals surface area contributed by atoms with E-state index in [0.29, 0.717) is 22.3 Å². The number of rotatable bonds is 5. The van der Waals surface area contributed by atoms with E-state index in [1.165, 1.54) is 18.5 Å². The fraction of sp³-hybridized carbons (Fsp3) is 0.462. The van der Waals surface area contributed by atoms with Gasteiger partial charge in [0, 0.05) is 42.9 Å². The Hall–Kier alpha value is -2.88. The predicted molar refractivity (Wildman–Crippen MR) is 130 cm³/mol.